The molecule has 0 aliphatic heterocycles. The topological polar surface area (TPSA) is 64.0 Å². The van der Waals surface area contributed by atoms with E-state index in [4.69, 9.17) is 0 Å². The second-order valence-electron chi connectivity index (χ2n) is 6.98. The van der Waals surface area contributed by atoms with Gasteiger partial charge in [0.05, 0.1) is 28.4 Å². The van der Waals surface area contributed by atoms with E-state index >= 15 is 0 Å². The highest BCUT2D eigenvalue weighted by atomic mass is 32.2. The van der Waals surface area contributed by atoms with Crippen LogP contribution < -0.4 is 10.9 Å². The molecule has 0 radical (unpaired) electrons. The zero-order valence-corrected chi connectivity index (χ0v) is 18.3. The molecule has 2 aromatic carbocycles. The van der Waals surface area contributed by atoms with E-state index in [2.05, 4.69) is 10.3 Å². The standard InChI is InChI=1S/C23H21N3O2S2/c1-15-9-11-17(12-10-15)26-22(28)18-6-3-4-7-19(18)25-23(26)30-14-21(27)24-16(2)20-8-5-13-29-20/h3-13,16H,14H2,1-2H3,(H,24,27). The van der Waals surface area contributed by atoms with Gasteiger partial charge in [0.2, 0.25) is 5.91 Å². The molecule has 0 spiro atoms. The molecule has 5 nitrogen and oxygen atoms in total. The summed E-state index contributed by atoms with van der Waals surface area (Å²) in [6.07, 6.45) is 0. The van der Waals surface area contributed by atoms with Gasteiger partial charge in [-0.15, -0.1) is 11.3 Å². The van der Waals surface area contributed by atoms with E-state index in [0.717, 1.165) is 16.1 Å². The van der Waals surface area contributed by atoms with Crippen LogP contribution in [0.4, 0.5) is 0 Å². The molecule has 0 bridgehead atoms. The molecule has 0 aliphatic rings. The Labute approximate surface area is 182 Å². The molecule has 152 valence electrons. The molecule has 4 aromatic rings. The lowest BCUT2D eigenvalue weighted by molar-refractivity contribution is -0.119. The van der Waals surface area contributed by atoms with Crippen molar-refractivity contribution in [2.75, 3.05) is 5.75 Å². The van der Waals surface area contributed by atoms with Gasteiger partial charge in [-0.3, -0.25) is 14.2 Å². The van der Waals surface area contributed by atoms with Crippen LogP contribution in [0.2, 0.25) is 0 Å². The number of amides is 1. The van der Waals surface area contributed by atoms with Gasteiger partial charge in [-0.2, -0.15) is 0 Å². The lowest BCUT2D eigenvalue weighted by Crippen LogP contribution is -2.28. The summed E-state index contributed by atoms with van der Waals surface area (Å²) in [4.78, 5) is 31.5. The van der Waals surface area contributed by atoms with Gasteiger partial charge in [-0.1, -0.05) is 47.7 Å². The quantitative estimate of drug-likeness (QED) is 0.351. The van der Waals surface area contributed by atoms with Crippen LogP contribution in [0.1, 0.15) is 23.4 Å². The van der Waals surface area contributed by atoms with Crippen LogP contribution in [-0.4, -0.2) is 21.2 Å². The minimum Gasteiger partial charge on any atom is -0.348 e. The summed E-state index contributed by atoms with van der Waals surface area (Å²) < 4.78 is 1.59. The Morgan fingerprint density at radius 2 is 1.90 bits per heavy atom. The molecule has 2 heterocycles. The summed E-state index contributed by atoms with van der Waals surface area (Å²) >= 11 is 2.88. The largest absolute Gasteiger partial charge is 0.348 e. The molecule has 4 rings (SSSR count). The van der Waals surface area contributed by atoms with E-state index in [1.807, 2.05) is 73.8 Å². The number of para-hydroxylation sites is 1. The monoisotopic (exact) mass is 435 g/mol. The molecule has 1 unspecified atom stereocenters. The van der Waals surface area contributed by atoms with Crippen LogP contribution in [0.3, 0.4) is 0 Å². The number of nitrogens with zero attached hydrogens (tertiary/aromatic N) is 2. The fourth-order valence-electron chi connectivity index (χ4n) is 3.15. The lowest BCUT2D eigenvalue weighted by Gasteiger charge is -2.15. The van der Waals surface area contributed by atoms with E-state index in [1.165, 1.54) is 11.8 Å². The predicted molar refractivity (Wildman–Crippen MR) is 124 cm³/mol. The number of hydrogen-bond acceptors (Lipinski definition) is 5. The van der Waals surface area contributed by atoms with E-state index in [0.29, 0.717) is 16.1 Å². The number of hydrogen-bond donors (Lipinski definition) is 1. The average molecular weight is 436 g/mol. The molecule has 2 aromatic heterocycles. The highest BCUT2D eigenvalue weighted by Crippen LogP contribution is 2.23. The lowest BCUT2D eigenvalue weighted by atomic mass is 10.2. The number of aryl methyl sites for hydroxylation is 1. The van der Waals surface area contributed by atoms with Crippen molar-refractivity contribution >= 4 is 39.9 Å². The van der Waals surface area contributed by atoms with E-state index in [-0.39, 0.29) is 23.3 Å². The summed E-state index contributed by atoms with van der Waals surface area (Å²) in [5.74, 6) is 0.0746. The minimum absolute atomic E-state index is 0.0537. The minimum atomic E-state index is -0.140. The Balaban J connectivity index is 1.64. The first-order chi connectivity index (χ1) is 14.5. The SMILES string of the molecule is Cc1ccc(-n2c(SCC(=O)NC(C)c3cccs3)nc3ccccc3c2=O)cc1. The van der Waals surface area contributed by atoms with Gasteiger partial charge in [0.1, 0.15) is 0 Å². The Kier molecular flexibility index (Phi) is 6.01. The van der Waals surface area contributed by atoms with Crippen molar-refractivity contribution in [1.82, 2.24) is 14.9 Å². The molecule has 0 saturated heterocycles. The number of fused-ring (bicyclic) bond motifs is 1. The number of thiophene rings is 1. The first-order valence-corrected chi connectivity index (χ1v) is 11.4. The second kappa shape index (κ2) is 8.85. The molecule has 0 fully saturated rings. The van der Waals surface area contributed by atoms with Crippen LogP contribution in [0.15, 0.2) is 76.0 Å². The molecule has 1 N–H and O–H groups in total. The maximum atomic E-state index is 13.2. The summed E-state index contributed by atoms with van der Waals surface area (Å²) in [7, 11) is 0. The van der Waals surface area contributed by atoms with Gasteiger partial charge in [0, 0.05) is 4.88 Å². The maximum absolute atomic E-state index is 13.2. The van der Waals surface area contributed by atoms with Crippen molar-refractivity contribution in [3.63, 3.8) is 0 Å². The zero-order chi connectivity index (χ0) is 21.1. The van der Waals surface area contributed by atoms with Gasteiger partial charge in [0.25, 0.3) is 5.56 Å². The zero-order valence-electron chi connectivity index (χ0n) is 16.7. The number of rotatable bonds is 6. The van der Waals surface area contributed by atoms with Gasteiger partial charge in [0.15, 0.2) is 5.16 Å². The van der Waals surface area contributed by atoms with E-state index < -0.39 is 0 Å². The summed E-state index contributed by atoms with van der Waals surface area (Å²) in [6.45, 7) is 3.96. The Morgan fingerprint density at radius 1 is 1.13 bits per heavy atom. The van der Waals surface area contributed by atoms with Gasteiger partial charge in [-0.05, 0) is 49.6 Å². The highest BCUT2D eigenvalue weighted by Gasteiger charge is 2.16. The molecular formula is C23H21N3O2S2. The average Bonchev–Trinajstić information content (AvgIpc) is 3.28. The number of benzene rings is 2. The summed E-state index contributed by atoms with van der Waals surface area (Å²) in [6, 6.07) is 18.9. The predicted octanol–water partition coefficient (Wildman–Crippen LogP) is 4.73. The third kappa shape index (κ3) is 4.32. The normalized spacial score (nSPS) is 12.1. The maximum Gasteiger partial charge on any atom is 0.266 e. The van der Waals surface area contributed by atoms with Crippen LogP contribution in [0.25, 0.3) is 16.6 Å². The van der Waals surface area contributed by atoms with Gasteiger partial charge < -0.3 is 5.32 Å². The molecule has 7 heteroatoms. The van der Waals surface area contributed by atoms with Crippen molar-refractivity contribution in [2.45, 2.75) is 25.0 Å². The second-order valence-corrected chi connectivity index (χ2v) is 8.90. The molecule has 30 heavy (non-hydrogen) atoms. The van der Waals surface area contributed by atoms with Crippen molar-refractivity contribution < 1.29 is 4.79 Å². The van der Waals surface area contributed by atoms with Crippen molar-refractivity contribution in [3.8, 4) is 5.69 Å². The first kappa shape index (κ1) is 20.4. The van der Waals surface area contributed by atoms with Crippen LogP contribution >= 0.6 is 23.1 Å². The number of nitrogens with one attached hydrogen (secondary N) is 1. The number of carbonyl (C=O) groups is 1. The molecule has 0 aliphatic carbocycles. The Morgan fingerprint density at radius 3 is 2.63 bits per heavy atom. The van der Waals surface area contributed by atoms with Crippen molar-refractivity contribution in [3.05, 3.63) is 86.8 Å². The first-order valence-electron chi connectivity index (χ1n) is 9.57. The van der Waals surface area contributed by atoms with Crippen molar-refractivity contribution in [1.29, 1.82) is 0 Å². The van der Waals surface area contributed by atoms with Gasteiger partial charge >= 0.3 is 0 Å². The van der Waals surface area contributed by atoms with Crippen molar-refractivity contribution in [2.24, 2.45) is 0 Å². The van der Waals surface area contributed by atoms with E-state index in [9.17, 15) is 9.59 Å². The van der Waals surface area contributed by atoms with Crippen LogP contribution in [0.5, 0.6) is 0 Å². The molecule has 1 atom stereocenters. The molecular weight excluding hydrogens is 414 g/mol. The van der Waals surface area contributed by atoms with Gasteiger partial charge in [-0.25, -0.2) is 4.98 Å². The third-order valence-electron chi connectivity index (χ3n) is 4.72. The van der Waals surface area contributed by atoms with Crippen LogP contribution in [-0.2, 0) is 4.79 Å². The molecule has 1 amide bonds. The Hall–Kier alpha value is -2.90. The van der Waals surface area contributed by atoms with Crippen LogP contribution in [0, 0.1) is 6.92 Å². The number of carbonyl (C=O) groups excluding carboxylic acids is 1. The Bertz CT molecular complexity index is 1230. The number of thioether (sulfide) groups is 1. The van der Waals surface area contributed by atoms with E-state index in [1.54, 1.807) is 22.0 Å². The highest BCUT2D eigenvalue weighted by molar-refractivity contribution is 7.99. The fourth-order valence-corrected chi connectivity index (χ4v) is 4.71. The fraction of sp³-hybridized carbons (Fsp3) is 0.174. The summed E-state index contributed by atoms with van der Waals surface area (Å²) in [5.41, 5.74) is 2.33. The molecule has 0 saturated carbocycles. The third-order valence-corrected chi connectivity index (χ3v) is 6.71. The smallest absolute Gasteiger partial charge is 0.266 e. The summed E-state index contributed by atoms with van der Waals surface area (Å²) in [5, 5.41) is 6.05. The number of aromatic nitrogens is 2.